The predicted molar refractivity (Wildman–Crippen MR) is 45.7 cm³/mol. The van der Waals surface area contributed by atoms with Crippen LogP contribution in [0.3, 0.4) is 0 Å². The quantitative estimate of drug-likeness (QED) is 0.548. The molecule has 60 valence electrons. The number of nitriles is 1. The molecule has 0 aliphatic rings. The highest BCUT2D eigenvalue weighted by molar-refractivity contribution is 6.59. The van der Waals surface area contributed by atoms with Crippen LogP contribution >= 0.6 is 0 Å². The maximum atomic E-state index is 8.83. The third-order valence-corrected chi connectivity index (χ3v) is 1.61. The molecule has 3 nitrogen and oxygen atoms in total. The minimum atomic E-state index is -1.57. The number of aryl methyl sites for hydroxylation is 1. The van der Waals surface area contributed by atoms with Gasteiger partial charge in [-0.05, 0) is 24.0 Å². The Morgan fingerprint density at radius 1 is 1.42 bits per heavy atom. The molecule has 0 atom stereocenters. The fourth-order valence-electron chi connectivity index (χ4n) is 0.992. The first kappa shape index (κ1) is 8.79. The van der Waals surface area contributed by atoms with Gasteiger partial charge in [-0.15, -0.1) is 0 Å². The summed E-state index contributed by atoms with van der Waals surface area (Å²) in [6, 6.07) is 6.79. The van der Waals surface area contributed by atoms with Crippen LogP contribution in [-0.4, -0.2) is 17.2 Å². The molecule has 1 aromatic carbocycles. The Kier molecular flexibility index (Phi) is 2.49. The van der Waals surface area contributed by atoms with Crippen LogP contribution in [0.25, 0.3) is 0 Å². The summed E-state index contributed by atoms with van der Waals surface area (Å²) in [6.45, 7) is 1.84. The Balaban J connectivity index is 3.23. The van der Waals surface area contributed by atoms with Gasteiger partial charge in [0.05, 0.1) is 11.6 Å². The van der Waals surface area contributed by atoms with Crippen molar-refractivity contribution < 1.29 is 10.0 Å². The first-order valence-corrected chi connectivity index (χ1v) is 3.52. The third kappa shape index (κ3) is 1.64. The molecule has 0 fully saturated rings. The highest BCUT2D eigenvalue weighted by Crippen LogP contribution is 2.00. The Labute approximate surface area is 71.0 Å². The molecule has 0 radical (unpaired) electrons. The third-order valence-electron chi connectivity index (χ3n) is 1.61. The van der Waals surface area contributed by atoms with Gasteiger partial charge in [-0.1, -0.05) is 12.1 Å². The maximum Gasteiger partial charge on any atom is 0.489 e. The normalized spacial score (nSPS) is 9.17. The van der Waals surface area contributed by atoms with Gasteiger partial charge in [-0.2, -0.15) is 5.26 Å². The van der Waals surface area contributed by atoms with E-state index in [2.05, 4.69) is 0 Å². The van der Waals surface area contributed by atoms with Crippen LogP contribution in [0.5, 0.6) is 0 Å². The van der Waals surface area contributed by atoms with Crippen LogP contribution in [-0.2, 0) is 0 Å². The molecule has 0 saturated carbocycles. The minimum Gasteiger partial charge on any atom is -0.423 e. The average molecular weight is 161 g/mol. The molecule has 0 amide bonds. The Hall–Kier alpha value is -1.31. The molecular formula is C8H8BNO2. The highest BCUT2D eigenvalue weighted by Gasteiger charge is 2.15. The number of hydrogen-bond donors (Lipinski definition) is 2. The van der Waals surface area contributed by atoms with E-state index in [4.69, 9.17) is 15.3 Å². The summed E-state index contributed by atoms with van der Waals surface area (Å²) < 4.78 is 0. The molecule has 0 unspecified atom stereocenters. The molecule has 0 aliphatic carbocycles. The molecule has 4 heteroatoms. The molecule has 2 N–H and O–H groups in total. The van der Waals surface area contributed by atoms with Crippen molar-refractivity contribution in [1.29, 1.82) is 5.26 Å². The van der Waals surface area contributed by atoms with Gasteiger partial charge in [0.2, 0.25) is 0 Å². The fraction of sp³-hybridized carbons (Fsp3) is 0.125. The fourth-order valence-corrected chi connectivity index (χ4v) is 0.992. The summed E-state index contributed by atoms with van der Waals surface area (Å²) in [5.41, 5.74) is 1.49. The molecular weight excluding hydrogens is 153 g/mol. The first-order valence-electron chi connectivity index (χ1n) is 3.52. The molecule has 0 aliphatic heterocycles. The lowest BCUT2D eigenvalue weighted by Gasteiger charge is -2.02. The lowest BCUT2D eigenvalue weighted by Crippen LogP contribution is -2.32. The van der Waals surface area contributed by atoms with Crippen molar-refractivity contribution >= 4 is 12.6 Å². The van der Waals surface area contributed by atoms with E-state index < -0.39 is 7.12 Å². The van der Waals surface area contributed by atoms with Crippen LogP contribution in [0.2, 0.25) is 0 Å². The van der Waals surface area contributed by atoms with Gasteiger partial charge in [0.15, 0.2) is 0 Å². The van der Waals surface area contributed by atoms with E-state index in [1.807, 2.05) is 13.0 Å². The van der Waals surface area contributed by atoms with Crippen molar-refractivity contribution in [3.63, 3.8) is 0 Å². The zero-order valence-corrected chi connectivity index (χ0v) is 6.65. The van der Waals surface area contributed by atoms with Gasteiger partial charge in [0, 0.05) is 0 Å². The molecule has 0 spiro atoms. The van der Waals surface area contributed by atoms with Crippen molar-refractivity contribution in [3.8, 4) is 6.07 Å². The second kappa shape index (κ2) is 3.39. The monoisotopic (exact) mass is 161 g/mol. The van der Waals surface area contributed by atoms with Gasteiger partial charge in [0.25, 0.3) is 0 Å². The van der Waals surface area contributed by atoms with Crippen LogP contribution in [0.15, 0.2) is 18.2 Å². The van der Waals surface area contributed by atoms with E-state index in [-0.39, 0.29) is 5.46 Å². The Morgan fingerprint density at radius 3 is 2.58 bits per heavy atom. The van der Waals surface area contributed by atoms with Gasteiger partial charge < -0.3 is 10.0 Å². The molecule has 0 heterocycles. The van der Waals surface area contributed by atoms with E-state index in [0.29, 0.717) is 5.56 Å². The molecule has 12 heavy (non-hydrogen) atoms. The number of rotatable bonds is 1. The first-order chi connectivity index (χ1) is 5.65. The second-order valence-electron chi connectivity index (χ2n) is 2.58. The molecule has 1 rings (SSSR count). The summed E-state index contributed by atoms with van der Waals surface area (Å²) in [5.74, 6) is 0. The number of benzene rings is 1. The zero-order valence-electron chi connectivity index (χ0n) is 6.65. The van der Waals surface area contributed by atoms with Crippen molar-refractivity contribution in [2.24, 2.45) is 0 Å². The van der Waals surface area contributed by atoms with E-state index in [1.54, 1.807) is 18.2 Å². The van der Waals surface area contributed by atoms with Crippen molar-refractivity contribution in [3.05, 3.63) is 29.3 Å². The Morgan fingerprint density at radius 2 is 2.08 bits per heavy atom. The summed E-state index contributed by atoms with van der Waals surface area (Å²) in [7, 11) is -1.57. The topological polar surface area (TPSA) is 64.2 Å². The summed E-state index contributed by atoms with van der Waals surface area (Å²) in [5, 5.41) is 26.3. The van der Waals surface area contributed by atoms with Crippen LogP contribution in [0.4, 0.5) is 0 Å². The van der Waals surface area contributed by atoms with Crippen molar-refractivity contribution in [1.82, 2.24) is 0 Å². The SMILES string of the molecule is Cc1ccc(B(O)O)c(C#N)c1. The zero-order chi connectivity index (χ0) is 9.14. The number of nitrogens with zero attached hydrogens (tertiary/aromatic N) is 1. The lowest BCUT2D eigenvalue weighted by atomic mass is 9.77. The van der Waals surface area contributed by atoms with Gasteiger partial charge in [-0.25, -0.2) is 0 Å². The minimum absolute atomic E-state index is 0.253. The van der Waals surface area contributed by atoms with Crippen LogP contribution < -0.4 is 5.46 Å². The highest BCUT2D eigenvalue weighted by atomic mass is 16.4. The molecule has 0 bridgehead atoms. The maximum absolute atomic E-state index is 8.83. The average Bonchev–Trinajstić information content (AvgIpc) is 2.03. The predicted octanol–water partition coefficient (Wildman–Crippen LogP) is -0.454. The van der Waals surface area contributed by atoms with Crippen molar-refractivity contribution in [2.75, 3.05) is 0 Å². The summed E-state index contributed by atoms with van der Waals surface area (Å²) >= 11 is 0. The molecule has 1 aromatic rings. The largest absolute Gasteiger partial charge is 0.489 e. The van der Waals surface area contributed by atoms with Crippen LogP contribution in [0, 0.1) is 18.3 Å². The van der Waals surface area contributed by atoms with Gasteiger partial charge in [0.1, 0.15) is 0 Å². The summed E-state index contributed by atoms with van der Waals surface area (Å²) in [4.78, 5) is 0. The summed E-state index contributed by atoms with van der Waals surface area (Å²) in [6.07, 6.45) is 0. The van der Waals surface area contributed by atoms with E-state index in [1.165, 1.54) is 0 Å². The van der Waals surface area contributed by atoms with Crippen LogP contribution in [0.1, 0.15) is 11.1 Å². The second-order valence-corrected chi connectivity index (χ2v) is 2.58. The molecule has 0 saturated heterocycles. The Bertz CT molecular complexity index is 330. The standard InChI is InChI=1S/C8H8BNO2/c1-6-2-3-8(9(11)12)7(4-6)5-10/h2-4,11-12H,1H3. The van der Waals surface area contributed by atoms with Gasteiger partial charge >= 0.3 is 7.12 Å². The lowest BCUT2D eigenvalue weighted by molar-refractivity contribution is 0.425. The smallest absolute Gasteiger partial charge is 0.423 e. The molecule has 0 aromatic heterocycles. The van der Waals surface area contributed by atoms with Gasteiger partial charge in [-0.3, -0.25) is 0 Å². The van der Waals surface area contributed by atoms with E-state index in [9.17, 15) is 0 Å². The van der Waals surface area contributed by atoms with E-state index >= 15 is 0 Å². The van der Waals surface area contributed by atoms with E-state index in [0.717, 1.165) is 5.56 Å². The number of hydrogen-bond acceptors (Lipinski definition) is 3. The van der Waals surface area contributed by atoms with Crippen molar-refractivity contribution in [2.45, 2.75) is 6.92 Å².